The molecule has 28 heavy (non-hydrogen) atoms. The maximum atomic E-state index is 11.9. The van der Waals surface area contributed by atoms with E-state index in [4.69, 9.17) is 9.16 Å². The number of amides is 1. The highest BCUT2D eigenvalue weighted by atomic mass is 28.4. The fourth-order valence-corrected chi connectivity index (χ4v) is 3.94. The van der Waals surface area contributed by atoms with Crippen molar-refractivity contribution in [1.29, 1.82) is 0 Å². The minimum absolute atomic E-state index is 0.0120. The number of benzene rings is 1. The molecule has 1 aromatic rings. The Kier molecular flexibility index (Phi) is 7.81. The molecule has 1 amide bonds. The highest BCUT2D eigenvalue weighted by Crippen LogP contribution is 2.36. The van der Waals surface area contributed by atoms with Gasteiger partial charge in [0.25, 0.3) is 0 Å². The van der Waals surface area contributed by atoms with Crippen LogP contribution in [0.2, 0.25) is 18.1 Å². The molecule has 7 heteroatoms. The number of piperidine rings is 1. The normalized spacial score (nSPS) is 23.2. The van der Waals surface area contributed by atoms with Crippen molar-refractivity contribution in [3.05, 3.63) is 35.9 Å². The maximum absolute atomic E-state index is 11.9. The highest BCUT2D eigenvalue weighted by Gasteiger charge is 2.41. The fraction of sp³-hybridized carbons (Fsp3) is 0.667. The van der Waals surface area contributed by atoms with Crippen molar-refractivity contribution < 1.29 is 24.2 Å². The van der Waals surface area contributed by atoms with Crippen molar-refractivity contribution in [2.45, 2.75) is 82.7 Å². The average Bonchev–Trinajstić information content (AvgIpc) is 2.64. The van der Waals surface area contributed by atoms with Crippen LogP contribution in [-0.4, -0.2) is 55.4 Å². The van der Waals surface area contributed by atoms with Crippen LogP contribution in [0.5, 0.6) is 0 Å². The SMILES string of the molecule is CC(C)(C)[Si](C)(C)OC[C@@H](O)[C@@H](O)[C@@H]1NC(=O)CC[C@H]1OCc1ccccc1. The molecule has 0 spiro atoms. The van der Waals surface area contributed by atoms with Gasteiger partial charge in [-0.2, -0.15) is 0 Å². The highest BCUT2D eigenvalue weighted by molar-refractivity contribution is 6.74. The van der Waals surface area contributed by atoms with E-state index in [1.165, 1.54) is 0 Å². The summed E-state index contributed by atoms with van der Waals surface area (Å²) in [5, 5.41) is 24.1. The number of hydrogen-bond donors (Lipinski definition) is 3. The summed E-state index contributed by atoms with van der Waals surface area (Å²) in [5.74, 6) is -0.138. The zero-order valence-corrected chi connectivity index (χ0v) is 18.6. The molecule has 0 aliphatic carbocycles. The summed E-state index contributed by atoms with van der Waals surface area (Å²) in [5.41, 5.74) is 1.02. The van der Waals surface area contributed by atoms with E-state index in [2.05, 4.69) is 39.2 Å². The van der Waals surface area contributed by atoms with Crippen molar-refractivity contribution in [3.63, 3.8) is 0 Å². The van der Waals surface area contributed by atoms with E-state index < -0.39 is 26.6 Å². The number of rotatable bonds is 8. The standard InChI is InChI=1S/C21H35NO5Si/c1-21(2,3)28(4,5)27-14-16(23)20(25)19-17(11-12-18(24)22-19)26-13-15-9-7-6-8-10-15/h6-10,16-17,19-20,23,25H,11-14H2,1-5H3,(H,22,24)/t16-,17-,19-,20-/m1/s1. The van der Waals surface area contributed by atoms with Crippen molar-refractivity contribution in [1.82, 2.24) is 5.32 Å². The Morgan fingerprint density at radius 3 is 2.46 bits per heavy atom. The molecule has 1 fully saturated rings. The first-order valence-corrected chi connectivity index (χ1v) is 12.9. The first-order chi connectivity index (χ1) is 13.0. The zero-order valence-electron chi connectivity index (χ0n) is 17.6. The molecule has 0 aromatic heterocycles. The van der Waals surface area contributed by atoms with Crippen LogP contribution in [0.15, 0.2) is 30.3 Å². The van der Waals surface area contributed by atoms with Gasteiger partial charge in [0.05, 0.1) is 25.4 Å². The van der Waals surface area contributed by atoms with Gasteiger partial charge in [-0.25, -0.2) is 0 Å². The molecule has 0 bridgehead atoms. The first-order valence-electron chi connectivity index (χ1n) is 9.96. The van der Waals surface area contributed by atoms with Crippen LogP contribution in [-0.2, 0) is 20.6 Å². The number of hydrogen-bond acceptors (Lipinski definition) is 5. The molecule has 1 aliphatic rings. The maximum Gasteiger partial charge on any atom is 0.220 e. The second-order valence-corrected chi connectivity index (χ2v) is 13.9. The van der Waals surface area contributed by atoms with E-state index in [-0.39, 0.29) is 23.7 Å². The van der Waals surface area contributed by atoms with Gasteiger partial charge in [0.2, 0.25) is 5.91 Å². The molecule has 1 saturated heterocycles. The lowest BCUT2D eigenvalue weighted by molar-refractivity contribution is -0.135. The third-order valence-corrected chi connectivity index (χ3v) is 10.4. The monoisotopic (exact) mass is 409 g/mol. The van der Waals surface area contributed by atoms with Crippen molar-refractivity contribution in [2.24, 2.45) is 0 Å². The molecule has 2 rings (SSSR count). The summed E-state index contributed by atoms with van der Waals surface area (Å²) in [7, 11) is -2.04. The van der Waals surface area contributed by atoms with E-state index >= 15 is 0 Å². The molecule has 1 heterocycles. The van der Waals surface area contributed by atoms with Crippen LogP contribution >= 0.6 is 0 Å². The van der Waals surface area contributed by atoms with Gasteiger partial charge >= 0.3 is 0 Å². The quantitative estimate of drug-likeness (QED) is 0.575. The van der Waals surface area contributed by atoms with Crippen molar-refractivity contribution >= 4 is 14.2 Å². The topological polar surface area (TPSA) is 88.0 Å². The summed E-state index contributed by atoms with van der Waals surface area (Å²) >= 11 is 0. The predicted molar refractivity (Wildman–Crippen MR) is 111 cm³/mol. The molecule has 158 valence electrons. The van der Waals surface area contributed by atoms with Crippen LogP contribution in [0.4, 0.5) is 0 Å². The van der Waals surface area contributed by atoms with Crippen LogP contribution in [0, 0.1) is 0 Å². The summed E-state index contributed by atoms with van der Waals surface area (Å²) in [6, 6.07) is 9.09. The van der Waals surface area contributed by atoms with Gasteiger partial charge in [-0.3, -0.25) is 4.79 Å². The minimum atomic E-state index is -2.04. The molecule has 1 aliphatic heterocycles. The Hall–Kier alpha value is -1.25. The van der Waals surface area contributed by atoms with Crippen LogP contribution in [0.1, 0.15) is 39.2 Å². The van der Waals surface area contributed by atoms with Gasteiger partial charge in [-0.15, -0.1) is 0 Å². The lowest BCUT2D eigenvalue weighted by Crippen LogP contribution is -2.59. The van der Waals surface area contributed by atoms with Gasteiger partial charge in [0, 0.05) is 6.42 Å². The van der Waals surface area contributed by atoms with Gasteiger partial charge in [-0.05, 0) is 30.1 Å². The Morgan fingerprint density at radius 2 is 1.86 bits per heavy atom. The Bertz CT molecular complexity index is 631. The molecular formula is C21H35NO5Si. The number of aliphatic hydroxyl groups is 2. The molecular weight excluding hydrogens is 374 g/mol. The first kappa shape index (κ1) is 23.0. The van der Waals surface area contributed by atoms with Gasteiger partial charge < -0.3 is 24.7 Å². The van der Waals surface area contributed by atoms with Crippen LogP contribution in [0.25, 0.3) is 0 Å². The van der Waals surface area contributed by atoms with E-state index in [0.717, 1.165) is 5.56 Å². The Morgan fingerprint density at radius 1 is 1.21 bits per heavy atom. The van der Waals surface area contributed by atoms with Crippen LogP contribution < -0.4 is 5.32 Å². The molecule has 3 N–H and O–H groups in total. The van der Waals surface area contributed by atoms with Gasteiger partial charge in [0.1, 0.15) is 12.2 Å². The average molecular weight is 410 g/mol. The lowest BCUT2D eigenvalue weighted by atomic mass is 9.93. The summed E-state index contributed by atoms with van der Waals surface area (Å²) in [6.07, 6.45) is -1.76. The van der Waals surface area contributed by atoms with E-state index in [1.807, 2.05) is 30.3 Å². The second kappa shape index (κ2) is 9.50. The molecule has 1 aromatic carbocycles. The third-order valence-electron chi connectivity index (χ3n) is 5.87. The lowest BCUT2D eigenvalue weighted by Gasteiger charge is -2.39. The summed E-state index contributed by atoms with van der Waals surface area (Å²) in [4.78, 5) is 11.9. The molecule has 0 unspecified atom stereocenters. The van der Waals surface area contributed by atoms with E-state index in [9.17, 15) is 15.0 Å². The molecule has 0 saturated carbocycles. The fourth-order valence-electron chi connectivity index (χ4n) is 2.92. The number of carbonyl (C=O) groups is 1. The Labute approximate surface area is 169 Å². The number of aliphatic hydroxyl groups excluding tert-OH is 2. The van der Waals surface area contributed by atoms with Gasteiger partial charge in [0.15, 0.2) is 8.32 Å². The predicted octanol–water partition coefficient (Wildman–Crippen LogP) is 2.59. The Balaban J connectivity index is 1.98. The number of carbonyl (C=O) groups excluding carboxylic acids is 1. The zero-order chi connectivity index (χ0) is 20.9. The molecule has 0 radical (unpaired) electrons. The molecule has 6 nitrogen and oxygen atoms in total. The largest absolute Gasteiger partial charge is 0.414 e. The minimum Gasteiger partial charge on any atom is -0.414 e. The molecule has 4 atom stereocenters. The second-order valence-electron chi connectivity index (χ2n) is 9.10. The summed E-state index contributed by atoms with van der Waals surface area (Å²) in [6.45, 7) is 11.0. The van der Waals surface area contributed by atoms with Crippen molar-refractivity contribution in [3.8, 4) is 0 Å². The smallest absolute Gasteiger partial charge is 0.220 e. The number of nitrogens with one attached hydrogen (secondary N) is 1. The number of ether oxygens (including phenoxy) is 1. The van der Waals surface area contributed by atoms with E-state index in [1.54, 1.807) is 0 Å². The van der Waals surface area contributed by atoms with E-state index in [0.29, 0.717) is 19.4 Å². The van der Waals surface area contributed by atoms with Gasteiger partial charge in [-0.1, -0.05) is 51.1 Å². The summed E-state index contributed by atoms with van der Waals surface area (Å²) < 4.78 is 12.0. The van der Waals surface area contributed by atoms with Crippen molar-refractivity contribution in [2.75, 3.05) is 6.61 Å². The van der Waals surface area contributed by atoms with Crippen LogP contribution in [0.3, 0.4) is 0 Å². The third kappa shape index (κ3) is 6.12.